The Morgan fingerprint density at radius 3 is 1.70 bits per heavy atom. The molecular weight excluding hydrogens is 831 g/mol. The fourth-order valence-corrected chi connectivity index (χ4v) is 13.9. The first-order chi connectivity index (χ1) is 33.0. The monoisotopic (exact) mass is 871 g/mol. The van der Waals surface area contributed by atoms with Crippen LogP contribution in [0.1, 0.15) is 47.2 Å². The Balaban J connectivity index is 1.07. The van der Waals surface area contributed by atoms with Crippen molar-refractivity contribution >= 4 is 70.5 Å². The molecule has 2 nitrogen and oxygen atoms in total. The van der Waals surface area contributed by atoms with Gasteiger partial charge < -0.3 is 9.32 Å². The Kier molecular flexibility index (Phi) is 7.41. The molecule has 1 unspecified atom stereocenters. The average molecular weight is 872 g/mol. The van der Waals surface area contributed by atoms with Crippen molar-refractivity contribution in [1.29, 1.82) is 0 Å². The highest BCUT2D eigenvalue weighted by Crippen LogP contribution is 2.64. The highest BCUT2D eigenvalue weighted by Gasteiger charge is 2.51. The molecule has 2 heterocycles. The zero-order chi connectivity index (χ0) is 44.2. The van der Waals surface area contributed by atoms with Crippen LogP contribution in [0.4, 0.5) is 17.1 Å². The number of hydrogen-bond donors (Lipinski definition) is 0. The van der Waals surface area contributed by atoms with Gasteiger partial charge in [0.05, 0.1) is 11.1 Å². The molecule has 0 saturated heterocycles. The molecule has 0 bridgehead atoms. The predicted octanol–water partition coefficient (Wildman–Crippen LogP) is 17.7. The summed E-state index contributed by atoms with van der Waals surface area (Å²) < 4.78 is 9.59. The van der Waals surface area contributed by atoms with E-state index >= 15 is 0 Å². The normalized spacial score (nSPS) is 15.8. The standard InChI is InChI=1S/C64H41NOS/c1-63(2)51-24-10-5-19-43(51)45-33-31-38(36-55(45)63)65(57-27-15-23-48-46-20-8-13-28-58(46)66-61(48)57)39-30-32-44-41-17-4-3-16-40(41)42-18-6-11-25-52(42)64(56(44)37-39)53-26-12-7-22-50(53)60-54(64)35-34-49-47-21-9-14-29-59(47)67-62(49)60/h3-37H,1-2H3. The highest BCUT2D eigenvalue weighted by atomic mass is 32.1. The molecule has 0 N–H and O–H groups in total. The number of furan rings is 1. The van der Waals surface area contributed by atoms with E-state index in [1.54, 1.807) is 0 Å². The van der Waals surface area contributed by atoms with Crippen molar-refractivity contribution in [2.45, 2.75) is 24.7 Å². The number of nitrogens with zero attached hydrogens (tertiary/aromatic N) is 1. The van der Waals surface area contributed by atoms with Gasteiger partial charge in [-0.15, -0.1) is 11.3 Å². The van der Waals surface area contributed by atoms with Gasteiger partial charge in [0.2, 0.25) is 0 Å². The topological polar surface area (TPSA) is 16.4 Å². The van der Waals surface area contributed by atoms with Gasteiger partial charge in [0.1, 0.15) is 5.58 Å². The fraction of sp³-hybridized carbons (Fsp3) is 0.0625. The van der Waals surface area contributed by atoms with E-state index in [1.807, 2.05) is 11.3 Å². The fourth-order valence-electron chi connectivity index (χ4n) is 12.6. The summed E-state index contributed by atoms with van der Waals surface area (Å²) in [7, 11) is 0. The first-order valence-corrected chi connectivity index (χ1v) is 24.1. The molecule has 0 saturated carbocycles. The van der Waals surface area contributed by atoms with Crippen LogP contribution in [0, 0.1) is 0 Å². The lowest BCUT2D eigenvalue weighted by Gasteiger charge is -2.36. The Bertz CT molecular complexity index is 4110. The Morgan fingerprint density at radius 2 is 0.940 bits per heavy atom. The van der Waals surface area contributed by atoms with E-state index in [1.165, 1.54) is 98.1 Å². The van der Waals surface area contributed by atoms with E-state index < -0.39 is 5.41 Å². The van der Waals surface area contributed by atoms with Gasteiger partial charge in [-0.3, -0.25) is 0 Å². The summed E-state index contributed by atoms with van der Waals surface area (Å²) in [6.45, 7) is 4.74. The summed E-state index contributed by atoms with van der Waals surface area (Å²) in [5.41, 5.74) is 22.2. The number of para-hydroxylation sites is 2. The van der Waals surface area contributed by atoms with Crippen molar-refractivity contribution in [1.82, 2.24) is 0 Å². The molecular formula is C64H41NOS. The smallest absolute Gasteiger partial charge is 0.159 e. The Labute approximate surface area is 392 Å². The SMILES string of the molecule is CC1(C)c2ccccc2-c2ccc(N(c3ccc4c(c3)C3(c5ccccc5-c5ccccc5-4)c4ccccc4-c4c3ccc3c4sc4ccccc43)c3cccc4c3oc3ccccc34)cc21. The molecule has 0 radical (unpaired) electrons. The lowest BCUT2D eigenvalue weighted by atomic mass is 9.65. The second-order valence-corrected chi connectivity index (χ2v) is 20.1. The summed E-state index contributed by atoms with van der Waals surface area (Å²) in [5.74, 6) is 0. The molecule has 10 aromatic carbocycles. The van der Waals surface area contributed by atoms with Gasteiger partial charge in [-0.25, -0.2) is 0 Å². The summed E-state index contributed by atoms with van der Waals surface area (Å²) in [5, 5.41) is 4.85. The average Bonchev–Trinajstić information content (AvgIpc) is 4.08. The number of fused-ring (bicyclic) bond motifs is 22. The van der Waals surface area contributed by atoms with E-state index in [0.717, 1.165) is 39.0 Å². The minimum Gasteiger partial charge on any atom is -0.454 e. The van der Waals surface area contributed by atoms with E-state index in [9.17, 15) is 0 Å². The maximum atomic E-state index is 6.93. The molecule has 3 aliphatic carbocycles. The molecule has 0 fully saturated rings. The predicted molar refractivity (Wildman–Crippen MR) is 281 cm³/mol. The maximum absolute atomic E-state index is 6.93. The minimum absolute atomic E-state index is 0.181. The number of thiophene rings is 1. The molecule has 67 heavy (non-hydrogen) atoms. The zero-order valence-corrected chi connectivity index (χ0v) is 37.8. The van der Waals surface area contributed by atoms with Crippen molar-refractivity contribution in [2.75, 3.05) is 4.90 Å². The number of benzene rings is 10. The van der Waals surface area contributed by atoms with Crippen molar-refractivity contribution in [2.24, 2.45) is 0 Å². The third kappa shape index (κ3) is 4.79. The van der Waals surface area contributed by atoms with Gasteiger partial charge in [-0.1, -0.05) is 184 Å². The summed E-state index contributed by atoms with van der Waals surface area (Å²) in [6.07, 6.45) is 0. The maximum Gasteiger partial charge on any atom is 0.159 e. The van der Waals surface area contributed by atoms with Crippen molar-refractivity contribution in [3.63, 3.8) is 0 Å². The lowest BCUT2D eigenvalue weighted by molar-refractivity contribution is 0.660. The number of anilines is 3. The van der Waals surface area contributed by atoms with Crippen LogP contribution in [-0.4, -0.2) is 0 Å². The van der Waals surface area contributed by atoms with Gasteiger partial charge in [-0.05, 0) is 115 Å². The Hall–Kier alpha value is -7.98. The molecule has 314 valence electrons. The van der Waals surface area contributed by atoms with Crippen LogP contribution in [0.2, 0.25) is 0 Å². The first kappa shape index (κ1) is 37.3. The quantitative estimate of drug-likeness (QED) is 0.176. The molecule has 0 aliphatic heterocycles. The van der Waals surface area contributed by atoms with Crippen molar-refractivity contribution < 1.29 is 4.42 Å². The lowest BCUT2D eigenvalue weighted by Crippen LogP contribution is -2.29. The van der Waals surface area contributed by atoms with E-state index in [4.69, 9.17) is 4.42 Å². The van der Waals surface area contributed by atoms with Gasteiger partial charge in [0.25, 0.3) is 0 Å². The van der Waals surface area contributed by atoms with Crippen molar-refractivity contribution in [3.8, 4) is 44.5 Å². The molecule has 3 heteroatoms. The van der Waals surface area contributed by atoms with Crippen LogP contribution in [0.25, 0.3) is 86.6 Å². The van der Waals surface area contributed by atoms with Crippen LogP contribution >= 0.6 is 11.3 Å². The van der Waals surface area contributed by atoms with Crippen LogP contribution in [0.5, 0.6) is 0 Å². The van der Waals surface area contributed by atoms with Crippen LogP contribution in [0.15, 0.2) is 217 Å². The third-order valence-corrected chi connectivity index (χ3v) is 16.7. The molecule has 12 aromatic rings. The summed E-state index contributed by atoms with van der Waals surface area (Å²) in [6, 6.07) is 79.7. The van der Waals surface area contributed by atoms with Crippen molar-refractivity contribution in [3.05, 3.63) is 246 Å². The number of rotatable bonds is 3. The van der Waals surface area contributed by atoms with Crippen LogP contribution < -0.4 is 4.90 Å². The van der Waals surface area contributed by atoms with E-state index in [0.29, 0.717) is 0 Å². The molecule has 1 spiro atoms. The van der Waals surface area contributed by atoms with Gasteiger partial charge in [0.15, 0.2) is 5.58 Å². The largest absolute Gasteiger partial charge is 0.454 e. The highest BCUT2D eigenvalue weighted by molar-refractivity contribution is 7.26. The van der Waals surface area contributed by atoms with Crippen LogP contribution in [-0.2, 0) is 10.8 Å². The van der Waals surface area contributed by atoms with Gasteiger partial charge in [-0.2, -0.15) is 0 Å². The summed E-state index contributed by atoms with van der Waals surface area (Å²) >= 11 is 1.92. The van der Waals surface area contributed by atoms with E-state index in [-0.39, 0.29) is 5.41 Å². The summed E-state index contributed by atoms with van der Waals surface area (Å²) in [4.78, 5) is 2.47. The molecule has 2 aromatic heterocycles. The van der Waals surface area contributed by atoms with Crippen LogP contribution in [0.3, 0.4) is 0 Å². The zero-order valence-electron chi connectivity index (χ0n) is 37.0. The van der Waals surface area contributed by atoms with Gasteiger partial charge in [0, 0.05) is 53.3 Å². The molecule has 15 rings (SSSR count). The molecule has 3 aliphatic rings. The van der Waals surface area contributed by atoms with Gasteiger partial charge >= 0.3 is 0 Å². The minimum atomic E-state index is -0.657. The Morgan fingerprint density at radius 1 is 0.388 bits per heavy atom. The second-order valence-electron chi connectivity index (χ2n) is 19.1. The van der Waals surface area contributed by atoms with E-state index in [2.05, 4.69) is 231 Å². The second kappa shape index (κ2) is 13.3. The third-order valence-electron chi connectivity index (χ3n) is 15.5. The first-order valence-electron chi connectivity index (χ1n) is 23.3. The molecule has 1 atom stereocenters. The number of hydrogen-bond acceptors (Lipinski definition) is 3. The molecule has 0 amide bonds.